The average molecular weight is 452 g/mol. The van der Waals surface area contributed by atoms with Gasteiger partial charge in [-0.25, -0.2) is 14.5 Å². The molecule has 1 saturated carbocycles. The summed E-state index contributed by atoms with van der Waals surface area (Å²) in [6, 6.07) is 9.31. The van der Waals surface area contributed by atoms with Gasteiger partial charge in [0.05, 0.1) is 28.9 Å². The zero-order valence-electron chi connectivity index (χ0n) is 17.2. The summed E-state index contributed by atoms with van der Waals surface area (Å²) in [6.45, 7) is 1.85. The molecule has 10 nitrogen and oxygen atoms in total. The van der Waals surface area contributed by atoms with Crippen molar-refractivity contribution in [3.63, 3.8) is 0 Å². The molecule has 1 atom stereocenters. The number of fused-ring (bicyclic) bond motifs is 1. The van der Waals surface area contributed by atoms with Gasteiger partial charge < -0.3 is 15.2 Å². The van der Waals surface area contributed by atoms with Gasteiger partial charge in [-0.3, -0.25) is 10.1 Å². The van der Waals surface area contributed by atoms with Crippen LogP contribution in [-0.2, 0) is 16.2 Å². The second-order valence-electron chi connectivity index (χ2n) is 7.56. The topological polar surface area (TPSA) is 136 Å². The zero-order valence-corrected chi connectivity index (χ0v) is 18.0. The van der Waals surface area contributed by atoms with E-state index in [0.29, 0.717) is 28.7 Å². The predicted molar refractivity (Wildman–Crippen MR) is 122 cm³/mol. The number of carbonyl (C=O) groups is 2. The number of imide groups is 1. The third-order valence-electron chi connectivity index (χ3n) is 5.10. The van der Waals surface area contributed by atoms with E-state index in [1.807, 2.05) is 37.3 Å². The molecular weight excluding hydrogens is 430 g/mol. The van der Waals surface area contributed by atoms with E-state index in [1.165, 1.54) is 0 Å². The molecule has 2 aliphatic rings. The van der Waals surface area contributed by atoms with E-state index in [9.17, 15) is 14.1 Å². The van der Waals surface area contributed by atoms with Crippen LogP contribution in [0.5, 0.6) is 0 Å². The standard InChI is InChI=1S/C21H21N7O3S/c1-2-32(31)27-15-5-3-4-12(8-15)16-10-18(23-14-6-7-14)28-19(24-16)13(11-22-28)9-17-20(29)26-21(30)25-17/h3-5,8-11,14,23,27H,2,6-7H2,1H3,(H2,25,26,29,30)/b17-9-. The summed E-state index contributed by atoms with van der Waals surface area (Å²) in [5.74, 6) is 0.791. The summed E-state index contributed by atoms with van der Waals surface area (Å²) < 4.78 is 16.6. The molecule has 3 aromatic rings. The normalized spacial score (nSPS) is 18.0. The first kappa shape index (κ1) is 20.3. The number of aromatic nitrogens is 3. The van der Waals surface area contributed by atoms with Crippen LogP contribution in [0.3, 0.4) is 0 Å². The maximum atomic E-state index is 12.0. The summed E-state index contributed by atoms with van der Waals surface area (Å²) in [7, 11) is 0. The number of rotatable bonds is 7. The van der Waals surface area contributed by atoms with Crippen molar-refractivity contribution < 1.29 is 14.1 Å². The number of urea groups is 1. The zero-order chi connectivity index (χ0) is 22.2. The van der Waals surface area contributed by atoms with E-state index in [4.69, 9.17) is 4.98 Å². The first-order valence-corrected chi connectivity index (χ1v) is 11.6. The highest BCUT2D eigenvalue weighted by Gasteiger charge is 2.25. The number of anilines is 2. The number of nitrogens with one attached hydrogen (secondary N) is 4. The van der Waals surface area contributed by atoms with Gasteiger partial charge in [0.1, 0.15) is 17.3 Å². The van der Waals surface area contributed by atoms with Gasteiger partial charge in [0, 0.05) is 23.2 Å². The number of nitrogens with zero attached hydrogens (tertiary/aromatic N) is 3. The Hall–Kier alpha value is -3.57. The molecule has 3 heterocycles. The van der Waals surface area contributed by atoms with E-state index < -0.39 is 23.3 Å². The maximum Gasteiger partial charge on any atom is 0.326 e. The van der Waals surface area contributed by atoms with Crippen molar-refractivity contribution in [3.8, 4) is 11.3 Å². The van der Waals surface area contributed by atoms with Crippen LogP contribution in [0.15, 0.2) is 42.2 Å². The van der Waals surface area contributed by atoms with Gasteiger partial charge in [-0.1, -0.05) is 12.1 Å². The van der Waals surface area contributed by atoms with Crippen molar-refractivity contribution in [2.75, 3.05) is 15.8 Å². The Morgan fingerprint density at radius 3 is 2.84 bits per heavy atom. The van der Waals surface area contributed by atoms with E-state index >= 15 is 0 Å². The highest BCUT2D eigenvalue weighted by Crippen LogP contribution is 2.30. The first-order valence-electron chi connectivity index (χ1n) is 10.2. The molecule has 2 aromatic heterocycles. The molecule has 1 aliphatic heterocycles. The van der Waals surface area contributed by atoms with Gasteiger partial charge in [0.2, 0.25) is 0 Å². The molecule has 32 heavy (non-hydrogen) atoms. The smallest absolute Gasteiger partial charge is 0.326 e. The number of hydrogen-bond donors (Lipinski definition) is 4. The SMILES string of the molecule is CC[S+]([O-])Nc1cccc(-c2cc(NC3CC3)n3ncc(/C=C4\NC(=O)NC4=O)c3n2)c1. The van der Waals surface area contributed by atoms with Crippen LogP contribution >= 0.6 is 0 Å². The molecular formula is C21H21N7O3S. The van der Waals surface area contributed by atoms with E-state index in [2.05, 4.69) is 25.8 Å². The highest BCUT2D eigenvalue weighted by atomic mass is 32.2. The van der Waals surface area contributed by atoms with Gasteiger partial charge >= 0.3 is 6.03 Å². The molecule has 0 bridgehead atoms. The fourth-order valence-electron chi connectivity index (χ4n) is 3.35. The number of carbonyl (C=O) groups excluding carboxylic acids is 2. The van der Waals surface area contributed by atoms with E-state index in [0.717, 1.165) is 29.9 Å². The van der Waals surface area contributed by atoms with Crippen molar-refractivity contribution in [2.24, 2.45) is 0 Å². The molecule has 1 aliphatic carbocycles. The Balaban J connectivity index is 1.59. The molecule has 164 valence electrons. The highest BCUT2D eigenvalue weighted by molar-refractivity contribution is 7.92. The van der Waals surface area contributed by atoms with Gasteiger partial charge in [-0.15, -0.1) is 0 Å². The molecule has 1 unspecified atom stereocenters. The minimum atomic E-state index is -1.15. The van der Waals surface area contributed by atoms with Crippen LogP contribution < -0.4 is 20.7 Å². The molecule has 4 N–H and O–H groups in total. The van der Waals surface area contributed by atoms with Crippen molar-refractivity contribution >= 4 is 46.5 Å². The van der Waals surface area contributed by atoms with E-state index in [-0.39, 0.29) is 5.70 Å². The molecule has 1 saturated heterocycles. The van der Waals surface area contributed by atoms with Crippen molar-refractivity contribution in [2.45, 2.75) is 25.8 Å². The van der Waals surface area contributed by atoms with Crippen LogP contribution in [0, 0.1) is 0 Å². The van der Waals surface area contributed by atoms with Crippen LogP contribution in [0.4, 0.5) is 16.3 Å². The largest absolute Gasteiger partial charge is 0.593 e. The summed E-state index contributed by atoms with van der Waals surface area (Å²) >= 11 is -1.15. The maximum absolute atomic E-state index is 12.0. The Bertz CT molecular complexity index is 1250. The monoisotopic (exact) mass is 451 g/mol. The molecule has 1 aromatic carbocycles. The number of hydrogen-bond acceptors (Lipinski definition) is 7. The Kier molecular flexibility index (Phi) is 5.19. The van der Waals surface area contributed by atoms with Crippen LogP contribution in [-0.4, -0.2) is 42.9 Å². The molecule has 0 spiro atoms. The van der Waals surface area contributed by atoms with Gasteiger partial charge in [-0.05, 0) is 38.0 Å². The Morgan fingerprint density at radius 1 is 1.28 bits per heavy atom. The molecule has 0 radical (unpaired) electrons. The van der Waals surface area contributed by atoms with Gasteiger partial charge in [0.25, 0.3) is 5.91 Å². The first-order chi connectivity index (χ1) is 15.5. The lowest BCUT2D eigenvalue weighted by Gasteiger charge is -2.12. The van der Waals surface area contributed by atoms with Crippen molar-refractivity contribution in [1.29, 1.82) is 0 Å². The molecule has 2 fully saturated rings. The lowest BCUT2D eigenvalue weighted by molar-refractivity contribution is -0.115. The number of amides is 3. The second kappa shape index (κ2) is 8.17. The fraction of sp³-hybridized carbons (Fsp3) is 0.238. The molecule has 11 heteroatoms. The summed E-state index contributed by atoms with van der Waals surface area (Å²) in [5, 5.41) is 12.6. The summed E-state index contributed by atoms with van der Waals surface area (Å²) in [5.41, 5.74) is 3.56. The third kappa shape index (κ3) is 4.12. The Morgan fingerprint density at radius 2 is 2.12 bits per heavy atom. The average Bonchev–Trinajstić information content (AvgIpc) is 3.41. The lowest BCUT2D eigenvalue weighted by Crippen LogP contribution is -2.22. The summed E-state index contributed by atoms with van der Waals surface area (Å²) in [4.78, 5) is 28.2. The Labute approximate surface area is 186 Å². The molecule has 5 rings (SSSR count). The minimum Gasteiger partial charge on any atom is -0.593 e. The molecule has 3 amide bonds. The minimum absolute atomic E-state index is 0.141. The fourth-order valence-corrected chi connectivity index (χ4v) is 3.89. The van der Waals surface area contributed by atoms with Gasteiger partial charge in [-0.2, -0.15) is 9.61 Å². The van der Waals surface area contributed by atoms with Crippen LogP contribution in [0.2, 0.25) is 0 Å². The van der Waals surface area contributed by atoms with Crippen molar-refractivity contribution in [3.05, 3.63) is 47.8 Å². The number of benzene rings is 1. The van der Waals surface area contributed by atoms with Crippen LogP contribution in [0.25, 0.3) is 23.0 Å². The lowest BCUT2D eigenvalue weighted by atomic mass is 10.1. The summed E-state index contributed by atoms with van der Waals surface area (Å²) in [6.07, 6.45) is 5.34. The van der Waals surface area contributed by atoms with E-state index in [1.54, 1.807) is 16.8 Å². The third-order valence-corrected chi connectivity index (χ3v) is 6.09. The predicted octanol–water partition coefficient (Wildman–Crippen LogP) is 2.25. The second-order valence-corrected chi connectivity index (χ2v) is 9.04. The quantitative estimate of drug-likeness (QED) is 0.246. The van der Waals surface area contributed by atoms with Gasteiger partial charge in [0.15, 0.2) is 5.65 Å². The van der Waals surface area contributed by atoms with Crippen LogP contribution in [0.1, 0.15) is 25.3 Å². The van der Waals surface area contributed by atoms with Crippen molar-refractivity contribution in [1.82, 2.24) is 25.2 Å².